The monoisotopic (exact) mass is 499 g/mol. The van der Waals surface area contributed by atoms with E-state index in [9.17, 15) is 13.6 Å². The highest BCUT2D eigenvalue weighted by atomic mass is 32.2. The van der Waals surface area contributed by atoms with Gasteiger partial charge in [-0.1, -0.05) is 54.6 Å². The number of anilines is 1. The maximum atomic E-state index is 11.6. The molecule has 0 radical (unpaired) electrons. The van der Waals surface area contributed by atoms with Gasteiger partial charge >= 0.3 is 0 Å². The Morgan fingerprint density at radius 1 is 0.771 bits per heavy atom. The first-order valence-corrected chi connectivity index (χ1v) is 14.4. The number of nitrogens with zero attached hydrogens (tertiary/aromatic N) is 1. The Kier molecular flexibility index (Phi) is 5.40. The summed E-state index contributed by atoms with van der Waals surface area (Å²) in [7, 11) is -3.70. The van der Waals surface area contributed by atoms with Crippen LogP contribution in [0.15, 0.2) is 72.8 Å². The lowest BCUT2D eigenvalue weighted by Gasteiger charge is -2.26. The number of hydrogen-bond donors (Lipinski definition) is 1. The summed E-state index contributed by atoms with van der Waals surface area (Å²) >= 11 is 1.74. The van der Waals surface area contributed by atoms with Crippen LogP contribution >= 0.6 is 11.3 Å². The van der Waals surface area contributed by atoms with Crippen molar-refractivity contribution in [3.05, 3.63) is 99.9 Å². The largest absolute Gasteiger partial charge is 0.274 e. The molecule has 0 saturated carbocycles. The van der Waals surface area contributed by atoms with Crippen LogP contribution in [0, 0.1) is 0 Å². The summed E-state index contributed by atoms with van der Waals surface area (Å²) in [6, 6.07) is 24.6. The summed E-state index contributed by atoms with van der Waals surface area (Å²) in [5.41, 5.74) is 11.2. The quantitative estimate of drug-likeness (QED) is 0.313. The topological polar surface area (TPSA) is 57.6 Å². The maximum absolute atomic E-state index is 11.6. The van der Waals surface area contributed by atoms with Gasteiger partial charge in [0.15, 0.2) is 0 Å². The van der Waals surface area contributed by atoms with Crippen LogP contribution in [0.25, 0.3) is 33.2 Å². The lowest BCUT2D eigenvalue weighted by Crippen LogP contribution is -2.25. The van der Waals surface area contributed by atoms with E-state index in [0.717, 1.165) is 42.4 Å². The number of fused-ring (bicyclic) bond motifs is 5. The lowest BCUT2D eigenvalue weighted by atomic mass is 9.78. The van der Waals surface area contributed by atoms with Gasteiger partial charge < -0.3 is 0 Å². The molecule has 6 rings (SSSR count). The molecule has 176 valence electrons. The van der Waals surface area contributed by atoms with Gasteiger partial charge in [0.2, 0.25) is 0 Å². The van der Waals surface area contributed by atoms with Gasteiger partial charge in [0.25, 0.3) is 10.0 Å². The smallest absolute Gasteiger partial charge is 0.254 e. The molecule has 2 aliphatic carbocycles. The molecule has 0 bridgehead atoms. The molecular weight excluding hydrogens is 474 g/mol. The Bertz CT molecular complexity index is 1580. The third-order valence-corrected chi connectivity index (χ3v) is 9.05. The van der Waals surface area contributed by atoms with Crippen molar-refractivity contribution < 1.29 is 13.6 Å². The average molecular weight is 500 g/mol. The standard InChI is InChI=1S/C29H25NO3S2/c1-35(32,33)30(31)23-11-6-20(7-12-23)28-16-17-29(34-28)22-10-13-25-21(18-22)9-15-26-24-5-3-2-4-19(24)8-14-27(25)26/h2-7,9,11-12,15-18,31H,8,10,13-14H2,1H3. The van der Waals surface area contributed by atoms with Crippen molar-refractivity contribution in [2.75, 3.05) is 10.7 Å². The fourth-order valence-corrected chi connectivity index (χ4v) is 6.82. The molecule has 0 fully saturated rings. The molecule has 1 heterocycles. The number of aryl methyl sites for hydroxylation is 1. The second-order valence-electron chi connectivity index (χ2n) is 9.20. The summed E-state index contributed by atoms with van der Waals surface area (Å²) in [6.45, 7) is 0. The summed E-state index contributed by atoms with van der Waals surface area (Å²) in [5.74, 6) is 0. The van der Waals surface area contributed by atoms with Gasteiger partial charge in [-0.2, -0.15) is 0 Å². The number of benzene rings is 3. The number of sulfonamides is 1. The van der Waals surface area contributed by atoms with Crippen molar-refractivity contribution in [1.82, 2.24) is 0 Å². The molecule has 0 amide bonds. The van der Waals surface area contributed by atoms with Crippen LogP contribution in [-0.4, -0.2) is 19.9 Å². The molecule has 6 heteroatoms. The van der Waals surface area contributed by atoms with E-state index in [-0.39, 0.29) is 5.69 Å². The van der Waals surface area contributed by atoms with E-state index in [1.165, 1.54) is 43.8 Å². The van der Waals surface area contributed by atoms with Crippen molar-refractivity contribution in [3.8, 4) is 21.6 Å². The Morgan fingerprint density at radius 3 is 2.31 bits per heavy atom. The Balaban J connectivity index is 1.29. The minimum atomic E-state index is -3.70. The van der Waals surface area contributed by atoms with Gasteiger partial charge in [-0.15, -0.1) is 15.8 Å². The highest BCUT2D eigenvalue weighted by Gasteiger charge is 2.23. The molecule has 0 aliphatic heterocycles. The van der Waals surface area contributed by atoms with Crippen molar-refractivity contribution in [3.63, 3.8) is 0 Å². The summed E-state index contributed by atoms with van der Waals surface area (Å²) in [6.07, 6.45) is 7.64. The van der Waals surface area contributed by atoms with Crippen molar-refractivity contribution in [2.24, 2.45) is 0 Å². The number of allylic oxidation sites excluding steroid dienone is 1. The van der Waals surface area contributed by atoms with Crippen molar-refractivity contribution in [2.45, 2.75) is 25.7 Å². The van der Waals surface area contributed by atoms with Gasteiger partial charge in [-0.3, -0.25) is 5.21 Å². The van der Waals surface area contributed by atoms with Gasteiger partial charge in [0.05, 0.1) is 11.9 Å². The molecular formula is C29H25NO3S2. The Hall–Kier alpha value is -3.19. The van der Waals surface area contributed by atoms with Crippen LogP contribution in [-0.2, 0) is 29.3 Å². The van der Waals surface area contributed by atoms with E-state index >= 15 is 0 Å². The van der Waals surface area contributed by atoms with Gasteiger partial charge in [-0.05, 0) is 94.5 Å². The zero-order chi connectivity index (χ0) is 24.2. The summed E-state index contributed by atoms with van der Waals surface area (Å²) in [4.78, 5) is 2.38. The lowest BCUT2D eigenvalue weighted by molar-refractivity contribution is 0.317. The van der Waals surface area contributed by atoms with E-state index in [1.54, 1.807) is 23.5 Å². The molecule has 35 heavy (non-hydrogen) atoms. The fraction of sp³-hybridized carbons (Fsp3) is 0.172. The minimum Gasteiger partial charge on any atom is -0.274 e. The number of hydrogen-bond acceptors (Lipinski definition) is 4. The van der Waals surface area contributed by atoms with Crippen LogP contribution in [0.4, 0.5) is 5.69 Å². The van der Waals surface area contributed by atoms with Crippen molar-refractivity contribution in [1.29, 1.82) is 0 Å². The second kappa shape index (κ2) is 8.48. The third kappa shape index (κ3) is 4.01. The van der Waals surface area contributed by atoms with Gasteiger partial charge in [-0.25, -0.2) is 8.42 Å². The zero-order valence-electron chi connectivity index (χ0n) is 19.4. The van der Waals surface area contributed by atoms with Crippen LogP contribution in [0.3, 0.4) is 0 Å². The Morgan fingerprint density at radius 2 is 1.51 bits per heavy atom. The normalized spacial score (nSPS) is 14.5. The third-order valence-electron chi connectivity index (χ3n) is 7.00. The van der Waals surface area contributed by atoms with E-state index in [1.807, 2.05) is 12.1 Å². The van der Waals surface area contributed by atoms with E-state index < -0.39 is 10.0 Å². The second-order valence-corrected chi connectivity index (χ2v) is 12.1. The first kappa shape index (κ1) is 22.3. The Labute approximate surface area is 209 Å². The molecule has 4 nitrogen and oxygen atoms in total. The molecule has 1 N–H and O–H groups in total. The van der Waals surface area contributed by atoms with E-state index in [4.69, 9.17) is 0 Å². The molecule has 0 atom stereocenters. The molecule has 0 spiro atoms. The van der Waals surface area contributed by atoms with E-state index in [0.29, 0.717) is 4.47 Å². The highest BCUT2D eigenvalue weighted by molar-refractivity contribution is 7.91. The van der Waals surface area contributed by atoms with Gasteiger partial charge in [0.1, 0.15) is 0 Å². The summed E-state index contributed by atoms with van der Waals surface area (Å²) < 4.78 is 23.4. The number of thiophene rings is 1. The molecule has 0 unspecified atom stereocenters. The predicted octanol–water partition coefficient (Wildman–Crippen LogP) is 6.82. The maximum Gasteiger partial charge on any atom is 0.254 e. The van der Waals surface area contributed by atoms with Crippen molar-refractivity contribution >= 4 is 38.7 Å². The van der Waals surface area contributed by atoms with Crippen LogP contribution in [0.5, 0.6) is 0 Å². The molecule has 3 aromatic carbocycles. The molecule has 2 aliphatic rings. The van der Waals surface area contributed by atoms with Crippen LogP contribution in [0.2, 0.25) is 0 Å². The zero-order valence-corrected chi connectivity index (χ0v) is 21.0. The predicted molar refractivity (Wildman–Crippen MR) is 144 cm³/mol. The minimum absolute atomic E-state index is 0.227. The fourth-order valence-electron chi connectivity index (χ4n) is 5.26. The van der Waals surface area contributed by atoms with Crippen LogP contribution in [0.1, 0.15) is 33.6 Å². The average Bonchev–Trinajstić information content (AvgIpc) is 3.37. The molecule has 1 aromatic heterocycles. The molecule has 0 saturated heterocycles. The van der Waals surface area contributed by atoms with E-state index in [2.05, 4.69) is 54.6 Å². The van der Waals surface area contributed by atoms with Crippen LogP contribution < -0.4 is 4.47 Å². The summed E-state index contributed by atoms with van der Waals surface area (Å²) in [5, 5.41) is 9.84. The SMILES string of the molecule is CS(=O)(=O)N(O)c1ccc(-c2ccc(C3=Cc4ccc5c(c4CC3)CCc3ccccc3-5)s2)cc1. The highest BCUT2D eigenvalue weighted by Crippen LogP contribution is 2.42. The first-order chi connectivity index (χ1) is 16.9. The first-order valence-electron chi connectivity index (χ1n) is 11.7. The van der Waals surface area contributed by atoms with Gasteiger partial charge in [0, 0.05) is 9.75 Å². The number of rotatable bonds is 4. The molecule has 4 aromatic rings.